The molecule has 0 aromatic heterocycles. The number of aryl methyl sites for hydroxylation is 1. The molecule has 0 aliphatic carbocycles. The molecular weight excluding hydrogens is 303 g/mol. The predicted octanol–water partition coefficient (Wildman–Crippen LogP) is 3.14. The molecule has 2 aromatic carbocycles. The quantitative estimate of drug-likeness (QED) is 0.366. The van der Waals surface area contributed by atoms with Crippen LogP contribution in [0.15, 0.2) is 42.5 Å². The van der Waals surface area contributed by atoms with E-state index in [0.29, 0.717) is 12.0 Å². The summed E-state index contributed by atoms with van der Waals surface area (Å²) in [5, 5.41) is 19.5. The third-order valence-electron chi connectivity index (χ3n) is 3.04. The number of nitro groups is 1. The SMILES string of the molecule is N#Cc1ccc(CCC(=O)Oc2cc(F)ccc2[N+](=O)[O-])cc1. The summed E-state index contributed by atoms with van der Waals surface area (Å²) in [6.07, 6.45) is 0.313. The van der Waals surface area contributed by atoms with E-state index in [-0.39, 0.29) is 6.42 Å². The number of hydrogen-bond donors (Lipinski definition) is 0. The highest BCUT2D eigenvalue weighted by atomic mass is 19.1. The lowest BCUT2D eigenvalue weighted by atomic mass is 10.1. The van der Waals surface area contributed by atoms with E-state index in [1.807, 2.05) is 6.07 Å². The van der Waals surface area contributed by atoms with Gasteiger partial charge in [0.05, 0.1) is 16.6 Å². The normalized spacial score (nSPS) is 9.91. The maximum Gasteiger partial charge on any atom is 0.311 e. The molecule has 0 heterocycles. The fourth-order valence-corrected chi connectivity index (χ4v) is 1.89. The predicted molar refractivity (Wildman–Crippen MR) is 78.2 cm³/mol. The van der Waals surface area contributed by atoms with E-state index < -0.39 is 28.1 Å². The Labute approximate surface area is 130 Å². The van der Waals surface area contributed by atoms with Gasteiger partial charge in [0.1, 0.15) is 5.82 Å². The molecule has 0 aliphatic heterocycles. The number of nitro benzene ring substituents is 1. The van der Waals surface area contributed by atoms with E-state index in [0.717, 1.165) is 23.8 Å². The van der Waals surface area contributed by atoms with E-state index in [9.17, 15) is 19.3 Å². The van der Waals surface area contributed by atoms with Crippen LogP contribution in [0.4, 0.5) is 10.1 Å². The number of benzene rings is 2. The number of carbonyl (C=O) groups is 1. The van der Waals surface area contributed by atoms with Gasteiger partial charge in [-0.2, -0.15) is 5.26 Å². The summed E-state index contributed by atoms with van der Waals surface area (Å²) in [6.45, 7) is 0. The number of carbonyl (C=O) groups excluding carboxylic acids is 1. The summed E-state index contributed by atoms with van der Waals surface area (Å²) in [5.74, 6) is -1.85. The van der Waals surface area contributed by atoms with Crippen molar-refractivity contribution in [3.63, 3.8) is 0 Å². The second kappa shape index (κ2) is 7.13. The van der Waals surface area contributed by atoms with Crippen molar-refractivity contribution < 1.29 is 18.8 Å². The van der Waals surface area contributed by atoms with Gasteiger partial charge in [0.15, 0.2) is 0 Å². The third kappa shape index (κ3) is 4.35. The topological polar surface area (TPSA) is 93.2 Å². The van der Waals surface area contributed by atoms with Gasteiger partial charge in [-0.3, -0.25) is 14.9 Å². The molecule has 0 radical (unpaired) electrons. The number of ether oxygens (including phenoxy) is 1. The van der Waals surface area contributed by atoms with Gasteiger partial charge in [0.2, 0.25) is 5.75 Å². The Kier molecular flexibility index (Phi) is 5.00. The van der Waals surface area contributed by atoms with Gasteiger partial charge in [0, 0.05) is 18.6 Å². The van der Waals surface area contributed by atoms with Crippen molar-refractivity contribution >= 4 is 11.7 Å². The second-order valence-corrected chi connectivity index (χ2v) is 4.65. The maximum atomic E-state index is 13.1. The van der Waals surface area contributed by atoms with Crippen molar-refractivity contribution in [3.8, 4) is 11.8 Å². The van der Waals surface area contributed by atoms with Crippen molar-refractivity contribution in [2.75, 3.05) is 0 Å². The van der Waals surface area contributed by atoms with Gasteiger partial charge in [-0.1, -0.05) is 12.1 Å². The molecule has 0 spiro atoms. The summed E-state index contributed by atoms with van der Waals surface area (Å²) in [5.41, 5.74) is 0.847. The van der Waals surface area contributed by atoms with Crippen LogP contribution in [0.5, 0.6) is 5.75 Å². The Morgan fingerprint density at radius 1 is 1.26 bits per heavy atom. The molecule has 2 aromatic rings. The molecule has 2 rings (SSSR count). The van der Waals surface area contributed by atoms with Gasteiger partial charge in [-0.15, -0.1) is 0 Å². The minimum atomic E-state index is -0.747. The van der Waals surface area contributed by atoms with Crippen LogP contribution in [0.3, 0.4) is 0 Å². The van der Waals surface area contributed by atoms with Crippen molar-refractivity contribution in [1.29, 1.82) is 5.26 Å². The summed E-state index contributed by atoms with van der Waals surface area (Å²) in [4.78, 5) is 21.8. The first-order valence-corrected chi connectivity index (χ1v) is 6.63. The summed E-state index contributed by atoms with van der Waals surface area (Å²) >= 11 is 0. The van der Waals surface area contributed by atoms with Crippen LogP contribution in [0.25, 0.3) is 0 Å². The molecule has 0 amide bonds. The Morgan fingerprint density at radius 3 is 2.57 bits per heavy atom. The minimum absolute atomic E-state index is 0.0282. The van der Waals surface area contributed by atoms with E-state index in [1.54, 1.807) is 24.3 Å². The van der Waals surface area contributed by atoms with Gasteiger partial charge < -0.3 is 4.74 Å². The van der Waals surface area contributed by atoms with Crippen LogP contribution in [0.2, 0.25) is 0 Å². The zero-order chi connectivity index (χ0) is 16.8. The Balaban J connectivity index is 2.01. The molecule has 0 aliphatic rings. The molecule has 0 saturated carbocycles. The highest BCUT2D eigenvalue weighted by Gasteiger charge is 2.18. The van der Waals surface area contributed by atoms with E-state index >= 15 is 0 Å². The van der Waals surface area contributed by atoms with Crippen molar-refractivity contribution in [2.24, 2.45) is 0 Å². The molecule has 116 valence electrons. The number of nitriles is 1. The zero-order valence-electron chi connectivity index (χ0n) is 11.9. The number of rotatable bonds is 5. The molecule has 0 unspecified atom stereocenters. The second-order valence-electron chi connectivity index (χ2n) is 4.65. The molecule has 6 nitrogen and oxygen atoms in total. The lowest BCUT2D eigenvalue weighted by Crippen LogP contribution is -2.10. The minimum Gasteiger partial charge on any atom is -0.419 e. The van der Waals surface area contributed by atoms with Crippen molar-refractivity contribution in [3.05, 3.63) is 69.5 Å². The van der Waals surface area contributed by atoms with Gasteiger partial charge in [0.25, 0.3) is 0 Å². The highest BCUT2D eigenvalue weighted by Crippen LogP contribution is 2.27. The van der Waals surface area contributed by atoms with Gasteiger partial charge >= 0.3 is 11.7 Å². The fourth-order valence-electron chi connectivity index (χ4n) is 1.89. The standard InChI is InChI=1S/C16H11FN2O4/c17-13-6-7-14(19(21)22)15(9-13)23-16(20)8-5-11-1-3-12(10-18)4-2-11/h1-4,6-7,9H,5,8H2. The number of esters is 1. The Hall–Kier alpha value is -3.27. The average Bonchev–Trinajstić information content (AvgIpc) is 2.53. The summed E-state index contributed by atoms with van der Waals surface area (Å²) in [6, 6.07) is 11.3. The maximum absolute atomic E-state index is 13.1. The fraction of sp³-hybridized carbons (Fsp3) is 0.125. The van der Waals surface area contributed by atoms with E-state index in [2.05, 4.69) is 0 Å². The van der Waals surface area contributed by atoms with Crippen LogP contribution in [0.1, 0.15) is 17.5 Å². The van der Waals surface area contributed by atoms with Crippen LogP contribution >= 0.6 is 0 Å². The van der Waals surface area contributed by atoms with Crippen molar-refractivity contribution in [1.82, 2.24) is 0 Å². The first-order valence-electron chi connectivity index (χ1n) is 6.63. The molecule has 0 saturated heterocycles. The van der Waals surface area contributed by atoms with Crippen LogP contribution < -0.4 is 4.74 Å². The molecule has 0 N–H and O–H groups in total. The zero-order valence-corrected chi connectivity index (χ0v) is 11.9. The smallest absolute Gasteiger partial charge is 0.311 e. The Morgan fingerprint density at radius 2 is 1.96 bits per heavy atom. The van der Waals surface area contributed by atoms with Crippen LogP contribution in [-0.2, 0) is 11.2 Å². The van der Waals surface area contributed by atoms with E-state index in [4.69, 9.17) is 10.00 Å². The Bertz CT molecular complexity index is 782. The number of nitrogens with zero attached hydrogens (tertiary/aromatic N) is 2. The molecular formula is C16H11FN2O4. The third-order valence-corrected chi connectivity index (χ3v) is 3.04. The molecule has 0 bridgehead atoms. The summed E-state index contributed by atoms with van der Waals surface area (Å²) in [7, 11) is 0. The highest BCUT2D eigenvalue weighted by molar-refractivity contribution is 5.74. The van der Waals surface area contributed by atoms with Crippen LogP contribution in [-0.4, -0.2) is 10.9 Å². The first-order chi connectivity index (χ1) is 11.0. The van der Waals surface area contributed by atoms with Crippen LogP contribution in [0, 0.1) is 27.3 Å². The lowest BCUT2D eigenvalue weighted by Gasteiger charge is -2.05. The van der Waals surface area contributed by atoms with Gasteiger partial charge in [-0.25, -0.2) is 4.39 Å². The molecule has 23 heavy (non-hydrogen) atoms. The van der Waals surface area contributed by atoms with Crippen molar-refractivity contribution in [2.45, 2.75) is 12.8 Å². The molecule has 7 heteroatoms. The average molecular weight is 314 g/mol. The molecule has 0 atom stereocenters. The number of hydrogen-bond acceptors (Lipinski definition) is 5. The van der Waals surface area contributed by atoms with Gasteiger partial charge in [-0.05, 0) is 30.2 Å². The summed E-state index contributed by atoms with van der Waals surface area (Å²) < 4.78 is 18.0. The monoisotopic (exact) mass is 314 g/mol. The largest absolute Gasteiger partial charge is 0.419 e. The lowest BCUT2D eigenvalue weighted by molar-refractivity contribution is -0.385. The first kappa shape index (κ1) is 16.1. The number of halogens is 1. The molecule has 0 fully saturated rings. The van der Waals surface area contributed by atoms with E-state index in [1.165, 1.54) is 0 Å².